The molecule has 1 rings (SSSR count). The fourth-order valence-corrected chi connectivity index (χ4v) is 1.63. The fraction of sp³-hybridized carbons (Fsp3) is 0.818. The number of rotatable bonds is 5. The minimum atomic E-state index is -0.346. The first-order valence-electron chi connectivity index (χ1n) is 5.76. The maximum atomic E-state index is 9.79. The van der Waals surface area contributed by atoms with Crippen molar-refractivity contribution in [3.05, 3.63) is 11.6 Å². The summed E-state index contributed by atoms with van der Waals surface area (Å²) in [6, 6.07) is 0.0118. The minimum absolute atomic E-state index is 0.0118. The summed E-state index contributed by atoms with van der Waals surface area (Å²) in [6.45, 7) is 8.07. The molecule has 0 spiro atoms. The molecule has 0 aromatic carbocycles. The van der Waals surface area contributed by atoms with Crippen LogP contribution in [0, 0.1) is 0 Å². The standard InChI is InChI=1S/C11H21N3O/c1-5-9(15)8(4)14-11(7-3)12-10(6-2)13-14/h8-9,15H,5-7H2,1-4H3. The summed E-state index contributed by atoms with van der Waals surface area (Å²) in [4.78, 5) is 4.43. The summed E-state index contributed by atoms with van der Waals surface area (Å²) in [5.41, 5.74) is 0. The van der Waals surface area contributed by atoms with Crippen LogP contribution in [0.4, 0.5) is 0 Å². The van der Waals surface area contributed by atoms with E-state index < -0.39 is 0 Å². The molecule has 0 aliphatic carbocycles. The van der Waals surface area contributed by atoms with Crippen LogP contribution in [-0.2, 0) is 12.8 Å². The van der Waals surface area contributed by atoms with Gasteiger partial charge in [-0.15, -0.1) is 0 Å². The Balaban J connectivity index is 2.95. The van der Waals surface area contributed by atoms with Crippen LogP contribution in [0.3, 0.4) is 0 Å². The van der Waals surface area contributed by atoms with Crippen LogP contribution < -0.4 is 0 Å². The first kappa shape index (κ1) is 12.2. The van der Waals surface area contributed by atoms with Crippen molar-refractivity contribution in [2.45, 2.75) is 59.1 Å². The van der Waals surface area contributed by atoms with E-state index >= 15 is 0 Å². The molecular weight excluding hydrogens is 190 g/mol. The van der Waals surface area contributed by atoms with Gasteiger partial charge in [0.15, 0.2) is 5.82 Å². The zero-order valence-electron chi connectivity index (χ0n) is 10.1. The van der Waals surface area contributed by atoms with Crippen molar-refractivity contribution in [2.24, 2.45) is 0 Å². The Labute approximate surface area is 91.3 Å². The molecule has 0 saturated heterocycles. The molecule has 86 valence electrons. The molecular formula is C11H21N3O. The van der Waals surface area contributed by atoms with Crippen molar-refractivity contribution in [3.8, 4) is 0 Å². The predicted molar refractivity (Wildman–Crippen MR) is 59.8 cm³/mol. The summed E-state index contributed by atoms with van der Waals surface area (Å²) in [7, 11) is 0. The first-order chi connectivity index (χ1) is 7.13. The molecule has 0 aliphatic heterocycles. The van der Waals surface area contributed by atoms with Crippen LogP contribution in [0.5, 0.6) is 0 Å². The van der Waals surface area contributed by atoms with Crippen LogP contribution in [0.15, 0.2) is 0 Å². The Kier molecular flexibility index (Phi) is 4.27. The van der Waals surface area contributed by atoms with Gasteiger partial charge in [0.1, 0.15) is 5.82 Å². The molecule has 2 atom stereocenters. The molecule has 15 heavy (non-hydrogen) atoms. The van der Waals surface area contributed by atoms with E-state index in [9.17, 15) is 5.11 Å². The van der Waals surface area contributed by atoms with Gasteiger partial charge in [-0.3, -0.25) is 0 Å². The topological polar surface area (TPSA) is 50.9 Å². The van der Waals surface area contributed by atoms with E-state index in [1.54, 1.807) is 0 Å². The maximum absolute atomic E-state index is 9.79. The van der Waals surface area contributed by atoms with Gasteiger partial charge in [-0.05, 0) is 13.3 Å². The van der Waals surface area contributed by atoms with Crippen molar-refractivity contribution in [1.29, 1.82) is 0 Å². The molecule has 4 heteroatoms. The van der Waals surface area contributed by atoms with E-state index in [1.807, 2.05) is 25.5 Å². The first-order valence-corrected chi connectivity index (χ1v) is 5.76. The molecule has 0 amide bonds. The monoisotopic (exact) mass is 211 g/mol. The number of aryl methyl sites for hydroxylation is 2. The van der Waals surface area contributed by atoms with Gasteiger partial charge in [-0.25, -0.2) is 9.67 Å². The van der Waals surface area contributed by atoms with Crippen molar-refractivity contribution in [2.75, 3.05) is 0 Å². The fourth-order valence-electron chi connectivity index (χ4n) is 1.63. The summed E-state index contributed by atoms with van der Waals surface area (Å²) >= 11 is 0. The molecule has 2 unspecified atom stereocenters. The summed E-state index contributed by atoms with van der Waals surface area (Å²) in [5, 5.41) is 14.2. The van der Waals surface area contributed by atoms with Crippen LogP contribution in [0.25, 0.3) is 0 Å². The number of aromatic nitrogens is 3. The lowest BCUT2D eigenvalue weighted by Gasteiger charge is -2.18. The second-order valence-electron chi connectivity index (χ2n) is 3.81. The Hall–Kier alpha value is -0.900. The molecule has 0 fully saturated rings. The Morgan fingerprint density at radius 3 is 2.40 bits per heavy atom. The lowest BCUT2D eigenvalue weighted by molar-refractivity contribution is 0.109. The van der Waals surface area contributed by atoms with Crippen molar-refractivity contribution in [3.63, 3.8) is 0 Å². The number of aliphatic hydroxyl groups excluding tert-OH is 1. The van der Waals surface area contributed by atoms with E-state index in [0.29, 0.717) is 0 Å². The average Bonchev–Trinajstić information content (AvgIpc) is 2.69. The van der Waals surface area contributed by atoms with Gasteiger partial charge in [-0.1, -0.05) is 20.8 Å². The zero-order chi connectivity index (χ0) is 11.4. The van der Waals surface area contributed by atoms with Crippen LogP contribution in [-0.4, -0.2) is 26.0 Å². The second kappa shape index (κ2) is 5.26. The molecule has 4 nitrogen and oxygen atoms in total. The summed E-state index contributed by atoms with van der Waals surface area (Å²) in [5.74, 6) is 1.83. The quantitative estimate of drug-likeness (QED) is 0.807. The normalized spacial score (nSPS) is 15.3. The third-order valence-electron chi connectivity index (χ3n) is 2.74. The maximum Gasteiger partial charge on any atom is 0.150 e. The summed E-state index contributed by atoms with van der Waals surface area (Å²) < 4.78 is 1.87. The lowest BCUT2D eigenvalue weighted by Crippen LogP contribution is -2.23. The minimum Gasteiger partial charge on any atom is -0.391 e. The van der Waals surface area contributed by atoms with Crippen molar-refractivity contribution >= 4 is 0 Å². The van der Waals surface area contributed by atoms with Crippen molar-refractivity contribution in [1.82, 2.24) is 14.8 Å². The Morgan fingerprint density at radius 1 is 1.27 bits per heavy atom. The highest BCUT2D eigenvalue weighted by molar-refractivity contribution is 4.95. The largest absolute Gasteiger partial charge is 0.391 e. The van der Waals surface area contributed by atoms with Crippen LogP contribution in [0.1, 0.15) is 51.8 Å². The Bertz CT molecular complexity index is 309. The van der Waals surface area contributed by atoms with Gasteiger partial charge in [0.25, 0.3) is 0 Å². The van der Waals surface area contributed by atoms with E-state index in [0.717, 1.165) is 30.9 Å². The number of aliphatic hydroxyl groups is 1. The highest BCUT2D eigenvalue weighted by Gasteiger charge is 2.18. The Morgan fingerprint density at radius 2 is 1.93 bits per heavy atom. The van der Waals surface area contributed by atoms with Gasteiger partial charge in [-0.2, -0.15) is 5.10 Å². The molecule has 1 heterocycles. The zero-order valence-corrected chi connectivity index (χ0v) is 10.1. The van der Waals surface area contributed by atoms with Gasteiger partial charge in [0.05, 0.1) is 12.1 Å². The molecule has 1 aromatic heterocycles. The van der Waals surface area contributed by atoms with Gasteiger partial charge >= 0.3 is 0 Å². The SMILES string of the molecule is CCc1nc(CC)n(C(C)C(O)CC)n1. The summed E-state index contributed by atoms with van der Waals surface area (Å²) in [6.07, 6.45) is 2.09. The highest BCUT2D eigenvalue weighted by Crippen LogP contribution is 2.15. The van der Waals surface area contributed by atoms with Crippen molar-refractivity contribution < 1.29 is 5.11 Å². The third-order valence-corrected chi connectivity index (χ3v) is 2.74. The molecule has 1 aromatic rings. The smallest absolute Gasteiger partial charge is 0.150 e. The number of hydrogen-bond acceptors (Lipinski definition) is 3. The van der Waals surface area contributed by atoms with E-state index in [4.69, 9.17) is 0 Å². The van der Waals surface area contributed by atoms with Gasteiger partial charge < -0.3 is 5.11 Å². The number of hydrogen-bond donors (Lipinski definition) is 1. The predicted octanol–water partition coefficient (Wildman–Crippen LogP) is 1.73. The molecule has 0 radical (unpaired) electrons. The van der Waals surface area contributed by atoms with Gasteiger partial charge in [0, 0.05) is 12.8 Å². The molecule has 0 bridgehead atoms. The molecule has 0 aliphatic rings. The van der Waals surface area contributed by atoms with E-state index in [-0.39, 0.29) is 12.1 Å². The van der Waals surface area contributed by atoms with Crippen LogP contribution >= 0.6 is 0 Å². The van der Waals surface area contributed by atoms with E-state index in [1.165, 1.54) is 0 Å². The lowest BCUT2D eigenvalue weighted by atomic mass is 10.1. The molecule has 1 N–H and O–H groups in total. The third kappa shape index (κ3) is 2.56. The second-order valence-corrected chi connectivity index (χ2v) is 3.81. The average molecular weight is 211 g/mol. The van der Waals surface area contributed by atoms with Gasteiger partial charge in [0.2, 0.25) is 0 Å². The van der Waals surface area contributed by atoms with Crippen LogP contribution in [0.2, 0.25) is 0 Å². The highest BCUT2D eigenvalue weighted by atomic mass is 16.3. The van der Waals surface area contributed by atoms with E-state index in [2.05, 4.69) is 17.0 Å². The number of nitrogens with zero attached hydrogens (tertiary/aromatic N) is 3. The molecule has 0 saturated carbocycles.